The summed E-state index contributed by atoms with van der Waals surface area (Å²) in [6.45, 7) is 8.75. The molecule has 0 aliphatic carbocycles. The van der Waals surface area contributed by atoms with Crippen LogP contribution in [0.15, 0.2) is 6.07 Å². The number of aryl methyl sites for hydroxylation is 2. The summed E-state index contributed by atoms with van der Waals surface area (Å²) >= 11 is 0. The second-order valence-corrected chi connectivity index (χ2v) is 2.09. The Kier molecular flexibility index (Phi) is 1.56. The standard InChI is InChI=1S/C7H11N2/c1-4-9-7(3)5-6(2)8-9/h5H,3-4H2,1-2H3. The second-order valence-electron chi connectivity index (χ2n) is 2.09. The summed E-state index contributed by atoms with van der Waals surface area (Å²) in [5.41, 5.74) is 2.04. The van der Waals surface area contributed by atoms with E-state index in [9.17, 15) is 0 Å². The third-order valence-corrected chi connectivity index (χ3v) is 1.29. The van der Waals surface area contributed by atoms with Crippen LogP contribution in [0.2, 0.25) is 0 Å². The predicted octanol–water partition coefficient (Wildman–Crippen LogP) is 1.39. The first kappa shape index (κ1) is 6.33. The highest BCUT2D eigenvalue weighted by molar-refractivity contribution is 5.11. The summed E-state index contributed by atoms with van der Waals surface area (Å²) in [5.74, 6) is 0. The van der Waals surface area contributed by atoms with Crippen molar-refractivity contribution >= 4 is 0 Å². The third-order valence-electron chi connectivity index (χ3n) is 1.29. The van der Waals surface area contributed by atoms with Crippen molar-refractivity contribution in [3.63, 3.8) is 0 Å². The number of hydrogen-bond acceptors (Lipinski definition) is 1. The van der Waals surface area contributed by atoms with E-state index < -0.39 is 0 Å². The third kappa shape index (κ3) is 1.12. The summed E-state index contributed by atoms with van der Waals surface area (Å²) < 4.78 is 1.88. The molecule has 0 spiro atoms. The van der Waals surface area contributed by atoms with Crippen molar-refractivity contribution in [1.82, 2.24) is 9.78 Å². The van der Waals surface area contributed by atoms with Gasteiger partial charge >= 0.3 is 0 Å². The van der Waals surface area contributed by atoms with E-state index in [0.29, 0.717) is 0 Å². The maximum atomic E-state index is 4.18. The largest absolute Gasteiger partial charge is 0.270 e. The molecule has 0 amide bonds. The van der Waals surface area contributed by atoms with Gasteiger partial charge in [0.1, 0.15) is 0 Å². The van der Waals surface area contributed by atoms with Crippen LogP contribution in [-0.4, -0.2) is 9.78 Å². The number of rotatable bonds is 1. The molecule has 1 radical (unpaired) electrons. The van der Waals surface area contributed by atoms with Crippen molar-refractivity contribution in [2.75, 3.05) is 0 Å². The molecule has 0 unspecified atom stereocenters. The van der Waals surface area contributed by atoms with E-state index in [0.717, 1.165) is 17.9 Å². The van der Waals surface area contributed by atoms with Gasteiger partial charge in [0, 0.05) is 12.2 Å². The van der Waals surface area contributed by atoms with E-state index >= 15 is 0 Å². The SMILES string of the molecule is [CH2]c1cc(C)nn1CC. The van der Waals surface area contributed by atoms with Gasteiger partial charge in [0.05, 0.1) is 5.69 Å². The molecule has 2 nitrogen and oxygen atoms in total. The summed E-state index contributed by atoms with van der Waals surface area (Å²) in [5, 5.41) is 4.18. The molecule has 0 atom stereocenters. The maximum absolute atomic E-state index is 4.18. The van der Waals surface area contributed by atoms with Crippen molar-refractivity contribution in [2.24, 2.45) is 0 Å². The normalized spacial score (nSPS) is 10.1. The molecule has 9 heavy (non-hydrogen) atoms. The van der Waals surface area contributed by atoms with Crippen LogP contribution in [-0.2, 0) is 6.54 Å². The molecular formula is C7H11N2. The average molecular weight is 123 g/mol. The molecule has 0 N–H and O–H groups in total. The fourth-order valence-electron chi connectivity index (χ4n) is 0.873. The number of nitrogens with zero attached hydrogens (tertiary/aromatic N) is 2. The molecule has 0 aliphatic rings. The summed E-state index contributed by atoms with van der Waals surface area (Å²) in [6.07, 6.45) is 0. The lowest BCUT2D eigenvalue weighted by atomic mass is 10.4. The summed E-state index contributed by atoms with van der Waals surface area (Å²) in [4.78, 5) is 0. The lowest BCUT2D eigenvalue weighted by molar-refractivity contribution is 0.643. The zero-order chi connectivity index (χ0) is 6.85. The van der Waals surface area contributed by atoms with Crippen LogP contribution in [0.5, 0.6) is 0 Å². The van der Waals surface area contributed by atoms with Crippen LogP contribution < -0.4 is 0 Å². The van der Waals surface area contributed by atoms with E-state index in [1.165, 1.54) is 0 Å². The van der Waals surface area contributed by atoms with E-state index in [1.807, 2.05) is 17.7 Å². The van der Waals surface area contributed by atoms with Gasteiger partial charge in [-0.3, -0.25) is 4.68 Å². The van der Waals surface area contributed by atoms with E-state index in [2.05, 4.69) is 18.9 Å². The van der Waals surface area contributed by atoms with Crippen molar-refractivity contribution in [3.05, 3.63) is 24.4 Å². The van der Waals surface area contributed by atoms with Gasteiger partial charge in [-0.05, 0) is 26.8 Å². The maximum Gasteiger partial charge on any atom is 0.0596 e. The lowest BCUT2D eigenvalue weighted by Gasteiger charge is -1.95. The molecule has 1 aromatic rings. The molecule has 49 valence electrons. The highest BCUT2D eigenvalue weighted by Crippen LogP contribution is 1.99. The highest BCUT2D eigenvalue weighted by atomic mass is 15.3. The van der Waals surface area contributed by atoms with Gasteiger partial charge < -0.3 is 0 Å². The quantitative estimate of drug-likeness (QED) is 0.551. The second kappa shape index (κ2) is 2.21. The Morgan fingerprint density at radius 1 is 1.78 bits per heavy atom. The minimum Gasteiger partial charge on any atom is -0.270 e. The molecule has 0 saturated carbocycles. The first-order chi connectivity index (χ1) is 4.24. The molecule has 0 bridgehead atoms. The van der Waals surface area contributed by atoms with Crippen molar-refractivity contribution in [2.45, 2.75) is 20.4 Å². The zero-order valence-electron chi connectivity index (χ0n) is 5.89. The van der Waals surface area contributed by atoms with Gasteiger partial charge in [-0.2, -0.15) is 5.10 Å². The van der Waals surface area contributed by atoms with E-state index in [-0.39, 0.29) is 0 Å². The van der Waals surface area contributed by atoms with Gasteiger partial charge in [0.15, 0.2) is 0 Å². The summed E-state index contributed by atoms with van der Waals surface area (Å²) in [6, 6.07) is 1.98. The van der Waals surface area contributed by atoms with E-state index in [1.54, 1.807) is 0 Å². The lowest BCUT2D eigenvalue weighted by Crippen LogP contribution is -1.97. The minimum atomic E-state index is 0.909. The summed E-state index contributed by atoms with van der Waals surface area (Å²) in [7, 11) is 0. The smallest absolute Gasteiger partial charge is 0.0596 e. The predicted molar refractivity (Wildman–Crippen MR) is 37.1 cm³/mol. The zero-order valence-corrected chi connectivity index (χ0v) is 5.89. The first-order valence-corrected chi connectivity index (χ1v) is 3.10. The highest BCUT2D eigenvalue weighted by Gasteiger charge is 1.95. The minimum absolute atomic E-state index is 0.909. The molecule has 0 fully saturated rings. The van der Waals surface area contributed by atoms with Crippen LogP contribution in [0.3, 0.4) is 0 Å². The van der Waals surface area contributed by atoms with Crippen LogP contribution in [0, 0.1) is 13.8 Å². The Balaban J connectivity index is 3.01. The molecule has 1 aromatic heterocycles. The van der Waals surface area contributed by atoms with Gasteiger partial charge in [0.25, 0.3) is 0 Å². The average Bonchev–Trinajstić information content (AvgIpc) is 2.10. The van der Waals surface area contributed by atoms with Gasteiger partial charge in [-0.15, -0.1) is 0 Å². The molecular weight excluding hydrogens is 112 g/mol. The van der Waals surface area contributed by atoms with Crippen molar-refractivity contribution < 1.29 is 0 Å². The molecule has 0 saturated heterocycles. The number of hydrogen-bond donors (Lipinski definition) is 0. The Morgan fingerprint density at radius 3 is 2.67 bits per heavy atom. The Labute approximate surface area is 55.5 Å². The molecule has 1 rings (SSSR count). The Hall–Kier alpha value is -0.790. The number of aromatic nitrogens is 2. The van der Waals surface area contributed by atoms with Crippen molar-refractivity contribution in [3.8, 4) is 0 Å². The Bertz CT molecular complexity index is 201. The topological polar surface area (TPSA) is 17.8 Å². The van der Waals surface area contributed by atoms with Crippen LogP contribution >= 0.6 is 0 Å². The van der Waals surface area contributed by atoms with Crippen LogP contribution in [0.4, 0.5) is 0 Å². The Morgan fingerprint density at radius 2 is 2.44 bits per heavy atom. The molecule has 1 heterocycles. The monoisotopic (exact) mass is 123 g/mol. The van der Waals surface area contributed by atoms with Gasteiger partial charge in [-0.25, -0.2) is 0 Å². The van der Waals surface area contributed by atoms with Crippen molar-refractivity contribution in [1.29, 1.82) is 0 Å². The molecule has 2 heteroatoms. The van der Waals surface area contributed by atoms with Crippen LogP contribution in [0.1, 0.15) is 18.3 Å². The van der Waals surface area contributed by atoms with Crippen LogP contribution in [0.25, 0.3) is 0 Å². The van der Waals surface area contributed by atoms with Gasteiger partial charge in [-0.1, -0.05) is 0 Å². The molecule has 0 aromatic carbocycles. The van der Waals surface area contributed by atoms with E-state index in [4.69, 9.17) is 0 Å². The van der Waals surface area contributed by atoms with Gasteiger partial charge in [0.2, 0.25) is 0 Å². The molecule has 0 aliphatic heterocycles. The fraction of sp³-hybridized carbons (Fsp3) is 0.429. The fourth-order valence-corrected chi connectivity index (χ4v) is 0.873. The first-order valence-electron chi connectivity index (χ1n) is 3.10.